The fraction of sp³-hybridized carbons (Fsp3) is 0.320. The molecule has 0 N–H and O–H groups in total. The molecule has 204 valence electrons. The molecule has 0 aliphatic heterocycles. The van der Waals surface area contributed by atoms with Crippen molar-refractivity contribution in [3.05, 3.63) is 70.3 Å². The van der Waals surface area contributed by atoms with E-state index in [1.54, 1.807) is 24.3 Å². The summed E-state index contributed by atoms with van der Waals surface area (Å²) in [5, 5.41) is 0.382. The molecule has 0 bridgehead atoms. The Hall–Kier alpha value is -2.15. The molecule has 38 heavy (non-hydrogen) atoms. The highest BCUT2D eigenvalue weighted by Crippen LogP contribution is 2.35. The lowest BCUT2D eigenvalue weighted by molar-refractivity contribution is 0.102. The number of carbonyl (C=O) groups excluding carboxylic acids is 1. The zero-order valence-electron chi connectivity index (χ0n) is 21.5. The Morgan fingerprint density at radius 2 is 1.79 bits per heavy atom. The fourth-order valence-electron chi connectivity index (χ4n) is 3.15. The molecule has 0 spiro atoms. The van der Waals surface area contributed by atoms with Gasteiger partial charge < -0.3 is 9.47 Å². The van der Waals surface area contributed by atoms with Crippen LogP contribution >= 0.6 is 35.0 Å². The minimum absolute atomic E-state index is 0.0438. The molecule has 1 heterocycles. The van der Waals surface area contributed by atoms with Crippen molar-refractivity contribution >= 4 is 64.7 Å². The second-order valence-corrected chi connectivity index (χ2v) is 18.6. The summed E-state index contributed by atoms with van der Waals surface area (Å²) in [5.41, 5.74) is 0.586. The third kappa shape index (κ3) is 7.93. The van der Waals surface area contributed by atoms with Gasteiger partial charge >= 0.3 is 0 Å². The summed E-state index contributed by atoms with van der Waals surface area (Å²) < 4.78 is 39.7. The molecule has 3 aromatic rings. The smallest absolute Gasteiger partial charge is 0.269 e. The van der Waals surface area contributed by atoms with Gasteiger partial charge in [0.05, 0.1) is 29.1 Å². The molecular weight excluding hydrogens is 585 g/mol. The van der Waals surface area contributed by atoms with Gasteiger partial charge in [0.25, 0.3) is 15.9 Å². The number of ether oxygens (including phenoxy) is 2. The number of hydrogen-bond acceptors (Lipinski definition) is 8. The number of halogens is 2. The van der Waals surface area contributed by atoms with Crippen LogP contribution in [0.3, 0.4) is 0 Å². The standard InChI is InChI=1S/C25H29Cl2N3O5S2Si/c1-34-25-24(28-15-22(29-25)36-16-20(31)18-9-6-5-7-10-18)30(17-35-13-14-38(2,3)4)37(32,33)21-12-8-11-19(26)23(21)27/h5-12,15H,13-14,16-17H2,1-4H3. The van der Waals surface area contributed by atoms with E-state index in [0.717, 1.165) is 10.3 Å². The molecule has 0 radical (unpaired) electrons. The molecule has 0 saturated carbocycles. The average molecular weight is 615 g/mol. The molecular formula is C25H29Cl2N3O5S2Si. The molecule has 0 amide bonds. The molecule has 0 saturated heterocycles. The van der Waals surface area contributed by atoms with Gasteiger partial charge in [-0.15, -0.1) is 0 Å². The molecule has 0 fully saturated rings. The third-order valence-electron chi connectivity index (χ3n) is 5.27. The number of anilines is 1. The normalized spacial score (nSPS) is 11.8. The molecule has 0 aliphatic rings. The van der Waals surface area contributed by atoms with Gasteiger partial charge in [-0.05, 0) is 18.2 Å². The first-order chi connectivity index (χ1) is 17.9. The van der Waals surface area contributed by atoms with E-state index in [-0.39, 0.29) is 44.9 Å². The SMILES string of the molecule is COc1nc(SCC(=O)c2ccccc2)cnc1N(COCC[Si](C)(C)C)S(=O)(=O)c1cccc(Cl)c1Cl. The first-order valence-corrected chi connectivity index (χ1v) is 18.5. The molecule has 0 aliphatic carbocycles. The Balaban J connectivity index is 1.91. The van der Waals surface area contributed by atoms with Gasteiger partial charge in [-0.3, -0.25) is 4.79 Å². The number of rotatable bonds is 13. The van der Waals surface area contributed by atoms with Crippen molar-refractivity contribution in [3.8, 4) is 5.88 Å². The second kappa shape index (κ2) is 13.3. The van der Waals surface area contributed by atoms with E-state index in [0.29, 0.717) is 17.2 Å². The van der Waals surface area contributed by atoms with Crippen LogP contribution in [0.4, 0.5) is 5.82 Å². The Morgan fingerprint density at radius 1 is 1.08 bits per heavy atom. The lowest BCUT2D eigenvalue weighted by atomic mass is 10.2. The zero-order chi connectivity index (χ0) is 27.9. The highest BCUT2D eigenvalue weighted by Gasteiger charge is 2.32. The minimum atomic E-state index is -4.27. The third-order valence-corrected chi connectivity index (χ3v) is 10.6. The van der Waals surface area contributed by atoms with Crippen molar-refractivity contribution in [3.63, 3.8) is 0 Å². The lowest BCUT2D eigenvalue weighted by Gasteiger charge is -2.25. The summed E-state index contributed by atoms with van der Waals surface area (Å²) in [6, 6.07) is 14.1. The number of hydrogen-bond donors (Lipinski definition) is 0. The molecule has 0 atom stereocenters. The van der Waals surface area contributed by atoms with Gasteiger partial charge in [0, 0.05) is 20.2 Å². The zero-order valence-corrected chi connectivity index (χ0v) is 25.6. The minimum Gasteiger partial charge on any atom is -0.478 e. The summed E-state index contributed by atoms with van der Waals surface area (Å²) in [6.45, 7) is 6.63. The van der Waals surface area contributed by atoms with Gasteiger partial charge in [-0.25, -0.2) is 22.7 Å². The molecule has 2 aromatic carbocycles. The molecule has 13 heteroatoms. The van der Waals surface area contributed by atoms with Crippen LogP contribution in [0.2, 0.25) is 35.7 Å². The number of nitrogens with zero attached hydrogens (tertiary/aromatic N) is 3. The molecule has 0 unspecified atom stereocenters. The van der Waals surface area contributed by atoms with E-state index in [1.165, 1.54) is 43.3 Å². The topological polar surface area (TPSA) is 98.7 Å². The quantitative estimate of drug-likeness (QED) is 0.0730. The maximum Gasteiger partial charge on any atom is 0.269 e. The molecule has 8 nitrogen and oxygen atoms in total. The predicted molar refractivity (Wildman–Crippen MR) is 155 cm³/mol. The number of ketones is 1. The number of aromatic nitrogens is 2. The number of benzene rings is 2. The number of Topliss-reactive ketones (excluding diaryl/α,β-unsaturated/α-hetero) is 1. The summed E-state index contributed by atoms with van der Waals surface area (Å²) in [6.07, 6.45) is 1.39. The summed E-state index contributed by atoms with van der Waals surface area (Å²) in [4.78, 5) is 21.0. The van der Waals surface area contributed by atoms with Crippen molar-refractivity contribution in [2.75, 3.05) is 30.5 Å². The first kappa shape index (κ1) is 30.4. The average Bonchev–Trinajstić information content (AvgIpc) is 2.88. The summed E-state index contributed by atoms with van der Waals surface area (Å²) in [5.74, 6) is -0.0646. The van der Waals surface area contributed by atoms with Gasteiger partial charge in [0.15, 0.2) is 5.78 Å². The van der Waals surface area contributed by atoms with Crippen LogP contribution in [0.25, 0.3) is 0 Å². The van der Waals surface area contributed by atoms with Crippen molar-refractivity contribution < 1.29 is 22.7 Å². The monoisotopic (exact) mass is 613 g/mol. The van der Waals surface area contributed by atoms with Crippen molar-refractivity contribution in [1.29, 1.82) is 0 Å². The Labute approximate surface area is 238 Å². The fourth-order valence-corrected chi connectivity index (χ4v) is 6.66. The Morgan fingerprint density at radius 3 is 2.45 bits per heavy atom. The largest absolute Gasteiger partial charge is 0.478 e. The van der Waals surface area contributed by atoms with Crippen molar-refractivity contribution in [2.24, 2.45) is 0 Å². The summed E-state index contributed by atoms with van der Waals surface area (Å²) in [7, 11) is -4.33. The van der Waals surface area contributed by atoms with E-state index in [1.807, 2.05) is 6.07 Å². The number of thioether (sulfide) groups is 1. The van der Waals surface area contributed by atoms with Gasteiger partial charge in [-0.2, -0.15) is 0 Å². The maximum absolute atomic E-state index is 13.8. The van der Waals surface area contributed by atoms with Crippen LogP contribution in [0, 0.1) is 0 Å². The number of methoxy groups -OCH3 is 1. The van der Waals surface area contributed by atoms with E-state index in [4.69, 9.17) is 32.7 Å². The van der Waals surface area contributed by atoms with Gasteiger partial charge in [-0.1, -0.05) is 91.0 Å². The lowest BCUT2D eigenvalue weighted by Crippen LogP contribution is -2.35. The van der Waals surface area contributed by atoms with Gasteiger partial charge in [0.2, 0.25) is 5.82 Å². The van der Waals surface area contributed by atoms with Crippen molar-refractivity contribution in [1.82, 2.24) is 9.97 Å². The van der Waals surface area contributed by atoms with Crippen LogP contribution in [0.1, 0.15) is 10.4 Å². The summed E-state index contributed by atoms with van der Waals surface area (Å²) >= 11 is 13.6. The van der Waals surface area contributed by atoms with Crippen molar-refractivity contribution in [2.45, 2.75) is 35.6 Å². The van der Waals surface area contributed by atoms with Crippen LogP contribution in [0.5, 0.6) is 5.88 Å². The van der Waals surface area contributed by atoms with Gasteiger partial charge in [0.1, 0.15) is 16.7 Å². The van der Waals surface area contributed by atoms with E-state index in [2.05, 4.69) is 29.6 Å². The highest BCUT2D eigenvalue weighted by atomic mass is 35.5. The molecule has 3 rings (SSSR count). The highest BCUT2D eigenvalue weighted by molar-refractivity contribution is 7.99. The number of carbonyl (C=O) groups is 1. The van der Waals surface area contributed by atoms with E-state index >= 15 is 0 Å². The Kier molecular flexibility index (Phi) is 10.6. The first-order valence-electron chi connectivity index (χ1n) is 11.6. The maximum atomic E-state index is 13.8. The van der Waals surface area contributed by atoms with Crippen LogP contribution in [-0.4, -0.2) is 58.4 Å². The van der Waals surface area contributed by atoms with E-state index in [9.17, 15) is 13.2 Å². The van der Waals surface area contributed by atoms with E-state index < -0.39 is 18.1 Å². The number of sulfonamides is 1. The predicted octanol–water partition coefficient (Wildman–Crippen LogP) is 6.27. The Bertz CT molecular complexity index is 1370. The van der Waals surface area contributed by atoms with Crippen LogP contribution in [-0.2, 0) is 14.8 Å². The van der Waals surface area contributed by atoms with Crippen LogP contribution < -0.4 is 9.04 Å². The van der Waals surface area contributed by atoms with Crippen LogP contribution in [0.15, 0.2) is 64.6 Å². The molecule has 1 aromatic heterocycles. The second-order valence-electron chi connectivity index (χ2n) is 9.37.